The number of halogens is 4. The number of hydrogen-bond donors (Lipinski definition) is 1. The SMILES string of the molecule is COC(C)c1nc2cc(C(F)(F)F)c(Cl)cc2n1-c1ccc(CCNC(=O)N(OS(=O)(=O)c2ccc(C)cc2)S(=O)(=O)c2ccc(C)cc2)cc1. The second kappa shape index (κ2) is 14.6. The Hall–Kier alpha value is -4.48. The first-order chi connectivity index (χ1) is 23.9. The second-order valence-corrected chi connectivity index (χ2v) is 15.2. The fourth-order valence-electron chi connectivity index (χ4n) is 5.00. The number of benzene rings is 4. The van der Waals surface area contributed by atoms with Gasteiger partial charge in [-0.05, 0) is 81.3 Å². The van der Waals surface area contributed by atoms with Crippen LogP contribution in [0, 0.1) is 13.8 Å². The number of carbonyl (C=O) groups is 1. The number of nitrogens with one attached hydrogen (secondary N) is 1. The molecule has 1 unspecified atom stereocenters. The lowest BCUT2D eigenvalue weighted by Gasteiger charge is -2.21. The van der Waals surface area contributed by atoms with Gasteiger partial charge in [-0.15, -0.1) is 4.28 Å². The molecule has 1 aromatic heterocycles. The van der Waals surface area contributed by atoms with Crippen molar-refractivity contribution in [2.75, 3.05) is 13.7 Å². The number of rotatable bonds is 11. The quantitative estimate of drug-likeness (QED) is 0.139. The molecule has 0 fully saturated rings. The number of methoxy groups -OCH3 is 1. The number of carbonyl (C=O) groups excluding carboxylic acids is 1. The molecule has 0 aliphatic heterocycles. The Balaban J connectivity index is 1.38. The molecule has 0 radical (unpaired) electrons. The maximum Gasteiger partial charge on any atom is 0.417 e. The third kappa shape index (κ3) is 8.20. The highest BCUT2D eigenvalue weighted by atomic mass is 35.5. The van der Waals surface area contributed by atoms with Crippen molar-refractivity contribution in [2.24, 2.45) is 0 Å². The monoisotopic (exact) mass is 764 g/mol. The molecule has 1 atom stereocenters. The van der Waals surface area contributed by atoms with Crippen LogP contribution >= 0.6 is 11.6 Å². The standard InChI is InChI=1S/C34H32ClF3N4O7S2/c1-21-5-13-26(14-6-21)50(44,45)42(49-51(46,47)27-15-7-22(2)8-16-27)33(43)39-18-17-24-9-11-25(12-10-24)41-31-20-29(35)28(34(36,37)38)19-30(31)40-32(41)23(3)48-4/h5-16,19-20,23H,17-18H2,1-4H3,(H,39,43). The van der Waals surface area contributed by atoms with Gasteiger partial charge in [0.2, 0.25) is 0 Å². The first-order valence-electron chi connectivity index (χ1n) is 15.2. The molecular formula is C34H32ClF3N4O7S2. The zero-order chi connectivity index (χ0) is 37.3. The summed E-state index contributed by atoms with van der Waals surface area (Å²) in [5, 5.41) is 1.91. The van der Waals surface area contributed by atoms with Crippen LogP contribution in [0.5, 0.6) is 0 Å². The van der Waals surface area contributed by atoms with Gasteiger partial charge in [0.15, 0.2) is 0 Å². The minimum Gasteiger partial charge on any atom is -0.374 e. The summed E-state index contributed by atoms with van der Waals surface area (Å²) in [6, 6.07) is 18.3. The van der Waals surface area contributed by atoms with Crippen LogP contribution in [-0.4, -0.2) is 50.5 Å². The lowest BCUT2D eigenvalue weighted by atomic mass is 10.1. The highest BCUT2D eigenvalue weighted by molar-refractivity contribution is 7.91. The minimum atomic E-state index is -4.81. The van der Waals surface area contributed by atoms with Gasteiger partial charge in [-0.2, -0.15) is 30.0 Å². The number of aryl methyl sites for hydroxylation is 2. The average Bonchev–Trinajstić information content (AvgIpc) is 3.45. The Kier molecular flexibility index (Phi) is 10.8. The van der Waals surface area contributed by atoms with Crippen LogP contribution in [-0.2, 0) is 41.8 Å². The predicted molar refractivity (Wildman–Crippen MR) is 183 cm³/mol. The van der Waals surface area contributed by atoms with Gasteiger partial charge >= 0.3 is 22.3 Å². The van der Waals surface area contributed by atoms with Crippen molar-refractivity contribution < 1.29 is 43.8 Å². The molecule has 51 heavy (non-hydrogen) atoms. The van der Waals surface area contributed by atoms with Crippen LogP contribution in [0.3, 0.4) is 0 Å². The molecule has 1 heterocycles. The molecule has 5 aromatic rings. The molecule has 0 saturated carbocycles. The number of ether oxygens (including phenoxy) is 1. The molecule has 0 bridgehead atoms. The van der Waals surface area contributed by atoms with Crippen molar-refractivity contribution >= 4 is 48.8 Å². The van der Waals surface area contributed by atoms with E-state index in [-0.39, 0.29) is 32.7 Å². The number of imidazole rings is 1. The maximum absolute atomic E-state index is 13.5. The number of hydrogen-bond acceptors (Lipinski definition) is 8. The van der Waals surface area contributed by atoms with E-state index < -0.39 is 49.0 Å². The van der Waals surface area contributed by atoms with Crippen molar-refractivity contribution in [1.82, 2.24) is 19.3 Å². The molecule has 1 N–H and O–H groups in total. The smallest absolute Gasteiger partial charge is 0.374 e. The molecule has 5 rings (SSSR count). The number of aromatic nitrogens is 2. The highest BCUT2D eigenvalue weighted by Crippen LogP contribution is 2.38. The summed E-state index contributed by atoms with van der Waals surface area (Å²) in [6.45, 7) is 5.02. The molecule has 0 saturated heterocycles. The van der Waals surface area contributed by atoms with Gasteiger partial charge in [0.25, 0.3) is 10.0 Å². The first-order valence-corrected chi connectivity index (χ1v) is 18.5. The average molecular weight is 765 g/mol. The lowest BCUT2D eigenvalue weighted by molar-refractivity contribution is -0.137. The van der Waals surface area contributed by atoms with E-state index in [1.54, 1.807) is 49.6 Å². The summed E-state index contributed by atoms with van der Waals surface area (Å²) in [5.74, 6) is 0.332. The molecule has 0 aliphatic carbocycles. The van der Waals surface area contributed by atoms with Gasteiger partial charge < -0.3 is 10.1 Å². The van der Waals surface area contributed by atoms with Gasteiger partial charge in [-0.25, -0.2) is 9.78 Å². The van der Waals surface area contributed by atoms with E-state index in [1.807, 2.05) is 0 Å². The minimum absolute atomic E-state index is 0.0640. The van der Waals surface area contributed by atoms with E-state index in [9.17, 15) is 34.8 Å². The van der Waals surface area contributed by atoms with Crippen LogP contribution < -0.4 is 5.32 Å². The summed E-state index contributed by atoms with van der Waals surface area (Å²) in [7, 11) is -8.13. The van der Waals surface area contributed by atoms with Crippen LogP contribution in [0.1, 0.15) is 41.1 Å². The Bertz CT molecular complexity index is 2280. The van der Waals surface area contributed by atoms with Crippen molar-refractivity contribution in [3.63, 3.8) is 0 Å². The molecular weight excluding hydrogens is 733 g/mol. The molecule has 0 spiro atoms. The van der Waals surface area contributed by atoms with E-state index in [1.165, 1.54) is 61.7 Å². The predicted octanol–water partition coefficient (Wildman–Crippen LogP) is 7.29. The third-order valence-corrected chi connectivity index (χ3v) is 11.0. The van der Waals surface area contributed by atoms with Gasteiger partial charge in [0, 0.05) is 19.3 Å². The van der Waals surface area contributed by atoms with E-state index in [0.717, 1.165) is 17.2 Å². The Morgan fingerprint density at radius 3 is 2.04 bits per heavy atom. The summed E-state index contributed by atoms with van der Waals surface area (Å²) in [5.41, 5.74) is 2.05. The highest BCUT2D eigenvalue weighted by Gasteiger charge is 2.37. The van der Waals surface area contributed by atoms with Crippen LogP contribution in [0.2, 0.25) is 5.02 Å². The molecule has 0 aliphatic rings. The van der Waals surface area contributed by atoms with Gasteiger partial charge in [0.1, 0.15) is 11.9 Å². The number of alkyl halides is 3. The summed E-state index contributed by atoms with van der Waals surface area (Å²) < 4.78 is 106. The van der Waals surface area contributed by atoms with Crippen molar-refractivity contribution in [2.45, 2.75) is 49.3 Å². The molecule has 4 aromatic carbocycles. The lowest BCUT2D eigenvalue weighted by Crippen LogP contribution is -2.45. The summed E-state index contributed by atoms with van der Waals surface area (Å²) in [4.78, 5) is 17.0. The second-order valence-electron chi connectivity index (χ2n) is 11.5. The Morgan fingerprint density at radius 1 is 0.922 bits per heavy atom. The molecule has 11 nitrogen and oxygen atoms in total. The molecule has 17 heteroatoms. The number of urea groups is 1. The summed E-state index contributed by atoms with van der Waals surface area (Å²) in [6.07, 6.45) is -5.11. The molecule has 2 amide bonds. The van der Waals surface area contributed by atoms with E-state index in [4.69, 9.17) is 20.6 Å². The van der Waals surface area contributed by atoms with Crippen LogP contribution in [0.25, 0.3) is 16.7 Å². The van der Waals surface area contributed by atoms with Crippen molar-refractivity contribution in [3.8, 4) is 5.69 Å². The van der Waals surface area contributed by atoms with Gasteiger partial charge in [-0.3, -0.25) is 4.57 Å². The number of sulfonamides is 1. The number of nitrogens with zero attached hydrogens (tertiary/aromatic N) is 3. The zero-order valence-electron chi connectivity index (χ0n) is 27.6. The van der Waals surface area contributed by atoms with Gasteiger partial charge in [0.05, 0.1) is 31.4 Å². The van der Waals surface area contributed by atoms with Crippen molar-refractivity contribution in [1.29, 1.82) is 0 Å². The number of hydroxylamine groups is 1. The van der Waals surface area contributed by atoms with Gasteiger partial charge in [-0.1, -0.05) is 63.6 Å². The maximum atomic E-state index is 13.5. The fraction of sp³-hybridized carbons (Fsp3) is 0.235. The Labute approximate surface area is 297 Å². The van der Waals surface area contributed by atoms with E-state index >= 15 is 0 Å². The largest absolute Gasteiger partial charge is 0.417 e. The van der Waals surface area contributed by atoms with Crippen LogP contribution in [0.15, 0.2) is 94.7 Å². The van der Waals surface area contributed by atoms with Crippen molar-refractivity contribution in [3.05, 3.63) is 118 Å². The number of fused-ring (bicyclic) bond motifs is 1. The third-order valence-electron chi connectivity index (χ3n) is 7.85. The van der Waals surface area contributed by atoms with Crippen LogP contribution in [0.4, 0.5) is 18.0 Å². The topological polar surface area (TPSA) is 137 Å². The first kappa shape index (κ1) is 37.8. The number of amides is 2. The summed E-state index contributed by atoms with van der Waals surface area (Å²) >= 11 is 6.03. The Morgan fingerprint density at radius 2 is 1.49 bits per heavy atom. The zero-order valence-corrected chi connectivity index (χ0v) is 30.0. The van der Waals surface area contributed by atoms with E-state index in [0.29, 0.717) is 22.6 Å². The molecule has 270 valence electrons. The fourth-order valence-corrected chi connectivity index (χ4v) is 7.58. The van der Waals surface area contributed by atoms with E-state index in [2.05, 4.69) is 10.3 Å². The normalized spacial score (nSPS) is 12.9.